The van der Waals surface area contributed by atoms with Gasteiger partial charge in [-0.3, -0.25) is 4.79 Å². The monoisotopic (exact) mass is 423 g/mol. The van der Waals surface area contributed by atoms with Crippen molar-refractivity contribution in [3.8, 4) is 11.5 Å². The highest BCUT2D eigenvalue weighted by atomic mass is 79.9. The lowest BCUT2D eigenvalue weighted by atomic mass is 9.91. The van der Waals surface area contributed by atoms with Crippen molar-refractivity contribution in [1.29, 1.82) is 0 Å². The molecular weight excluding hydrogens is 406 g/mol. The molecule has 1 heterocycles. The number of carboxylic acid groups (broad SMARTS) is 1. The SMILES string of the molecule is COc1cc(Br)c(/C=C/c2nc3c(s2)CCCC3C(=O)O)cc1OC. The van der Waals surface area contributed by atoms with Gasteiger partial charge in [0.1, 0.15) is 5.01 Å². The van der Waals surface area contributed by atoms with Crippen molar-refractivity contribution in [3.05, 3.63) is 37.7 Å². The molecule has 1 atom stereocenters. The quantitative estimate of drug-likeness (QED) is 0.760. The fraction of sp³-hybridized carbons (Fsp3) is 0.333. The van der Waals surface area contributed by atoms with Crippen LogP contribution in [0.5, 0.6) is 11.5 Å². The molecule has 7 heteroatoms. The average molecular weight is 424 g/mol. The summed E-state index contributed by atoms with van der Waals surface area (Å²) < 4.78 is 11.5. The Morgan fingerprint density at radius 2 is 2.04 bits per heavy atom. The summed E-state index contributed by atoms with van der Waals surface area (Å²) in [6.45, 7) is 0. The van der Waals surface area contributed by atoms with E-state index in [0.717, 1.165) is 38.5 Å². The van der Waals surface area contributed by atoms with Gasteiger partial charge in [0.05, 0.1) is 25.8 Å². The third-order valence-corrected chi connectivity index (χ3v) is 5.96. The molecule has 0 saturated carbocycles. The Bertz CT molecular complexity index is 831. The highest BCUT2D eigenvalue weighted by Crippen LogP contribution is 2.37. The van der Waals surface area contributed by atoms with Crippen molar-refractivity contribution in [2.75, 3.05) is 14.2 Å². The molecule has 132 valence electrons. The molecule has 1 aliphatic rings. The van der Waals surface area contributed by atoms with Gasteiger partial charge in [0.2, 0.25) is 0 Å². The fourth-order valence-corrected chi connectivity index (χ4v) is 4.43. The number of nitrogens with zero attached hydrogens (tertiary/aromatic N) is 1. The molecule has 1 unspecified atom stereocenters. The minimum Gasteiger partial charge on any atom is -0.493 e. The Hall–Kier alpha value is -1.86. The van der Waals surface area contributed by atoms with Gasteiger partial charge in [-0.1, -0.05) is 22.0 Å². The van der Waals surface area contributed by atoms with Crippen molar-refractivity contribution in [1.82, 2.24) is 4.98 Å². The van der Waals surface area contributed by atoms with Gasteiger partial charge in [-0.15, -0.1) is 11.3 Å². The number of aromatic nitrogens is 1. The van der Waals surface area contributed by atoms with Crippen molar-refractivity contribution in [3.63, 3.8) is 0 Å². The number of fused-ring (bicyclic) bond motifs is 1. The van der Waals surface area contributed by atoms with Crippen LogP contribution in [0.15, 0.2) is 16.6 Å². The third-order valence-electron chi connectivity index (χ3n) is 4.18. The number of halogens is 1. The fourth-order valence-electron chi connectivity index (χ4n) is 2.91. The first kappa shape index (κ1) is 17.9. The van der Waals surface area contributed by atoms with E-state index in [1.54, 1.807) is 25.6 Å². The molecule has 1 aromatic carbocycles. The number of ether oxygens (including phenoxy) is 2. The number of thiazole rings is 1. The second-order valence-corrected chi connectivity index (χ2v) is 7.68. The smallest absolute Gasteiger partial charge is 0.312 e. The number of carbonyl (C=O) groups is 1. The number of benzene rings is 1. The van der Waals surface area contributed by atoms with Gasteiger partial charge >= 0.3 is 5.97 Å². The molecule has 0 saturated heterocycles. The lowest BCUT2D eigenvalue weighted by molar-refractivity contribution is -0.139. The Labute approximate surface area is 158 Å². The lowest BCUT2D eigenvalue weighted by Crippen LogP contribution is -2.17. The van der Waals surface area contributed by atoms with E-state index in [0.29, 0.717) is 17.9 Å². The summed E-state index contributed by atoms with van der Waals surface area (Å²) >= 11 is 5.10. The van der Waals surface area contributed by atoms with Crippen LogP contribution in [0.25, 0.3) is 12.2 Å². The van der Waals surface area contributed by atoms with E-state index in [9.17, 15) is 9.90 Å². The molecule has 5 nitrogen and oxygen atoms in total. The summed E-state index contributed by atoms with van der Waals surface area (Å²) in [5, 5.41) is 10.2. The average Bonchev–Trinajstić information content (AvgIpc) is 3.02. The zero-order chi connectivity index (χ0) is 18.0. The van der Waals surface area contributed by atoms with Crippen LogP contribution in [0.1, 0.15) is 39.9 Å². The van der Waals surface area contributed by atoms with Crippen LogP contribution in [0, 0.1) is 0 Å². The number of aliphatic carboxylic acids is 1. The van der Waals surface area contributed by atoms with Crippen LogP contribution >= 0.6 is 27.3 Å². The molecule has 0 amide bonds. The Morgan fingerprint density at radius 3 is 2.72 bits per heavy atom. The minimum atomic E-state index is -0.788. The van der Waals surface area contributed by atoms with Crippen LogP contribution in [0.3, 0.4) is 0 Å². The molecule has 1 aliphatic carbocycles. The first-order valence-corrected chi connectivity index (χ1v) is 9.46. The van der Waals surface area contributed by atoms with Crippen molar-refractivity contribution in [2.24, 2.45) is 0 Å². The van der Waals surface area contributed by atoms with E-state index in [-0.39, 0.29) is 0 Å². The molecule has 25 heavy (non-hydrogen) atoms. The van der Waals surface area contributed by atoms with Gasteiger partial charge in [-0.05, 0) is 43.0 Å². The van der Waals surface area contributed by atoms with Crippen LogP contribution in [-0.4, -0.2) is 30.3 Å². The van der Waals surface area contributed by atoms with Crippen molar-refractivity contribution < 1.29 is 19.4 Å². The number of methoxy groups -OCH3 is 2. The van der Waals surface area contributed by atoms with Crippen molar-refractivity contribution in [2.45, 2.75) is 25.2 Å². The van der Waals surface area contributed by atoms with Crippen LogP contribution in [-0.2, 0) is 11.2 Å². The van der Waals surface area contributed by atoms with E-state index in [4.69, 9.17) is 9.47 Å². The molecule has 1 aromatic heterocycles. The molecule has 1 N–H and O–H groups in total. The number of rotatable bonds is 5. The predicted molar refractivity (Wildman–Crippen MR) is 102 cm³/mol. The van der Waals surface area contributed by atoms with E-state index >= 15 is 0 Å². The van der Waals surface area contributed by atoms with Crippen molar-refractivity contribution >= 4 is 45.4 Å². The molecule has 2 aromatic rings. The maximum atomic E-state index is 11.4. The Kier molecular flexibility index (Phi) is 5.44. The molecular formula is C18H18BrNO4S. The molecule has 0 radical (unpaired) electrons. The van der Waals surface area contributed by atoms with Gasteiger partial charge < -0.3 is 14.6 Å². The van der Waals surface area contributed by atoms with Gasteiger partial charge in [0, 0.05) is 9.35 Å². The molecule has 0 fully saturated rings. The summed E-state index contributed by atoms with van der Waals surface area (Å²) in [4.78, 5) is 17.0. The summed E-state index contributed by atoms with van der Waals surface area (Å²) in [5.41, 5.74) is 1.66. The van der Waals surface area contributed by atoms with E-state index < -0.39 is 11.9 Å². The number of carboxylic acids is 1. The first-order chi connectivity index (χ1) is 12.0. The standard InChI is InChI=1S/C18H18BrNO4S/c1-23-13-8-10(12(19)9-14(13)24-2)6-7-16-20-17-11(18(21)22)4-3-5-15(17)25-16/h6-9,11H,3-5H2,1-2H3,(H,21,22)/b7-6+. The Morgan fingerprint density at radius 1 is 1.32 bits per heavy atom. The number of hydrogen-bond donors (Lipinski definition) is 1. The molecule has 0 aliphatic heterocycles. The highest BCUT2D eigenvalue weighted by Gasteiger charge is 2.29. The molecule has 0 spiro atoms. The third kappa shape index (κ3) is 3.72. The summed E-state index contributed by atoms with van der Waals surface area (Å²) in [6, 6.07) is 3.73. The zero-order valence-corrected chi connectivity index (χ0v) is 16.3. The van der Waals surface area contributed by atoms with Gasteiger partial charge in [0.25, 0.3) is 0 Å². The summed E-state index contributed by atoms with van der Waals surface area (Å²) in [5.74, 6) is 0.0367. The topological polar surface area (TPSA) is 68.7 Å². The predicted octanol–water partition coefficient (Wildman–Crippen LogP) is 4.60. The summed E-state index contributed by atoms with van der Waals surface area (Å²) in [7, 11) is 3.19. The largest absolute Gasteiger partial charge is 0.493 e. The first-order valence-electron chi connectivity index (χ1n) is 7.85. The van der Waals surface area contributed by atoms with E-state index in [1.165, 1.54) is 0 Å². The van der Waals surface area contributed by atoms with Gasteiger partial charge in [-0.2, -0.15) is 0 Å². The van der Waals surface area contributed by atoms with E-state index in [2.05, 4.69) is 20.9 Å². The minimum absolute atomic E-state index is 0.477. The zero-order valence-electron chi connectivity index (χ0n) is 13.9. The maximum Gasteiger partial charge on any atom is 0.312 e. The maximum absolute atomic E-state index is 11.4. The highest BCUT2D eigenvalue weighted by molar-refractivity contribution is 9.10. The van der Waals surface area contributed by atoms with Crippen LogP contribution in [0.4, 0.5) is 0 Å². The van der Waals surface area contributed by atoms with E-state index in [1.807, 2.05) is 24.3 Å². The second-order valence-electron chi connectivity index (χ2n) is 5.71. The Balaban J connectivity index is 1.89. The lowest BCUT2D eigenvalue weighted by Gasteiger charge is -2.16. The number of hydrogen-bond acceptors (Lipinski definition) is 5. The molecule has 0 bridgehead atoms. The number of aryl methyl sites for hydroxylation is 1. The van der Waals surface area contributed by atoms with Crippen LogP contribution < -0.4 is 9.47 Å². The summed E-state index contributed by atoms with van der Waals surface area (Å²) in [6.07, 6.45) is 6.32. The van der Waals surface area contributed by atoms with Gasteiger partial charge in [-0.25, -0.2) is 4.98 Å². The molecule has 3 rings (SSSR count). The second kappa shape index (κ2) is 7.58. The van der Waals surface area contributed by atoms with Gasteiger partial charge in [0.15, 0.2) is 11.5 Å². The van der Waals surface area contributed by atoms with Crippen LogP contribution in [0.2, 0.25) is 0 Å². The normalized spacial score (nSPS) is 16.7.